The van der Waals surface area contributed by atoms with Crippen molar-refractivity contribution >= 4 is 27.5 Å². The highest BCUT2D eigenvalue weighted by molar-refractivity contribution is 6.00. The Labute approximate surface area is 259 Å². The Morgan fingerprint density at radius 2 is 1.91 bits per heavy atom. The Bertz CT molecular complexity index is 1810. The summed E-state index contributed by atoms with van der Waals surface area (Å²) >= 11 is 0. The third-order valence-electron chi connectivity index (χ3n) is 10.6. The van der Waals surface area contributed by atoms with E-state index in [0.29, 0.717) is 58.6 Å². The molecule has 2 N–H and O–H groups in total. The number of ether oxygens (including phenoxy) is 1. The molecule has 5 saturated heterocycles. The fourth-order valence-corrected chi connectivity index (χ4v) is 8.39. The molecule has 7 heterocycles. The molecule has 2 unspecified atom stereocenters. The molecule has 5 atom stereocenters. The van der Waals surface area contributed by atoms with Crippen LogP contribution in [-0.4, -0.2) is 89.0 Å². The van der Waals surface area contributed by atoms with E-state index in [9.17, 15) is 4.39 Å². The second kappa shape index (κ2) is 10.5. The van der Waals surface area contributed by atoms with Crippen LogP contribution in [0.25, 0.3) is 32.9 Å². The van der Waals surface area contributed by atoms with Crippen LogP contribution in [0.5, 0.6) is 6.01 Å². The summed E-state index contributed by atoms with van der Waals surface area (Å²) in [5.41, 5.74) is 1.16. The van der Waals surface area contributed by atoms with Crippen LogP contribution in [0.4, 0.5) is 19.0 Å². The van der Waals surface area contributed by atoms with Gasteiger partial charge in [-0.05, 0) is 61.7 Å². The average Bonchev–Trinajstić information content (AvgIpc) is 3.55. The standard InChI is InChI=1S/C34H36F3N7O/c35-21-12-34(7-2-8-44(34)15-21)18-45-33-41-31-26(32(42-33)43-16-22-5-6-23(17-43)40-22)14-39-30(29(31)37)25-11-19(10-24-13-38-24)9-20-3-1-4-27(36)28(20)25/h1,3-4,9,11,14,21-24,38,40H,2,5-8,10,12-13,15-18H2/t21-,22?,23?,24+,34+/m1/s1. The number of nitrogens with one attached hydrogen (secondary N) is 2. The van der Waals surface area contributed by atoms with Crippen molar-refractivity contribution in [1.29, 1.82) is 0 Å². The molecule has 8 nitrogen and oxygen atoms in total. The van der Waals surface area contributed by atoms with Gasteiger partial charge >= 0.3 is 6.01 Å². The first-order valence-corrected chi connectivity index (χ1v) is 16.3. The molecule has 2 bridgehead atoms. The lowest BCUT2D eigenvalue weighted by molar-refractivity contribution is 0.107. The predicted molar refractivity (Wildman–Crippen MR) is 166 cm³/mol. The topological polar surface area (TPSA) is 88.3 Å². The van der Waals surface area contributed by atoms with Crippen molar-refractivity contribution in [3.05, 3.63) is 53.7 Å². The van der Waals surface area contributed by atoms with Gasteiger partial charge in [0, 0.05) is 67.9 Å². The number of piperazine rings is 1. The van der Waals surface area contributed by atoms with Crippen molar-refractivity contribution in [2.75, 3.05) is 44.2 Å². The molecule has 5 aliphatic heterocycles. The highest BCUT2D eigenvalue weighted by atomic mass is 19.1. The van der Waals surface area contributed by atoms with E-state index in [1.165, 1.54) is 6.07 Å². The fourth-order valence-electron chi connectivity index (χ4n) is 8.39. The van der Waals surface area contributed by atoms with Gasteiger partial charge in [-0.3, -0.25) is 9.88 Å². The molecule has 0 amide bonds. The summed E-state index contributed by atoms with van der Waals surface area (Å²) in [7, 11) is 0. The Morgan fingerprint density at radius 3 is 2.73 bits per heavy atom. The normalized spacial score (nSPS) is 29.2. The van der Waals surface area contributed by atoms with E-state index in [1.807, 2.05) is 18.2 Å². The van der Waals surface area contributed by atoms with E-state index in [4.69, 9.17) is 9.72 Å². The number of hydrogen-bond donors (Lipinski definition) is 2. The molecule has 234 valence electrons. The van der Waals surface area contributed by atoms with Gasteiger partial charge in [0.25, 0.3) is 0 Å². The summed E-state index contributed by atoms with van der Waals surface area (Å²) in [6.45, 7) is 3.92. The Hall–Kier alpha value is -3.54. The number of hydrogen-bond acceptors (Lipinski definition) is 8. The van der Waals surface area contributed by atoms with Gasteiger partial charge in [-0.1, -0.05) is 18.2 Å². The molecule has 11 heteroatoms. The third kappa shape index (κ3) is 4.82. The van der Waals surface area contributed by atoms with Crippen molar-refractivity contribution < 1.29 is 17.9 Å². The summed E-state index contributed by atoms with van der Waals surface area (Å²) in [5, 5.41) is 8.49. The largest absolute Gasteiger partial charge is 0.461 e. The van der Waals surface area contributed by atoms with E-state index < -0.39 is 17.8 Å². The minimum absolute atomic E-state index is 0.0517. The third-order valence-corrected chi connectivity index (χ3v) is 10.6. The molecular weight excluding hydrogens is 579 g/mol. The van der Waals surface area contributed by atoms with Gasteiger partial charge in [0.1, 0.15) is 35.6 Å². The molecule has 2 aromatic heterocycles. The van der Waals surface area contributed by atoms with E-state index in [0.717, 1.165) is 63.8 Å². The number of alkyl halides is 1. The van der Waals surface area contributed by atoms with Crippen LogP contribution in [0.3, 0.4) is 0 Å². The SMILES string of the molecule is Fc1c(-c2cc(C[C@H]3CN3)cc3cccc(F)c23)ncc2c(N3CC4CCC(C3)N4)nc(OC[C@@]34CCCN3C[C@H](F)C4)nc12. The highest BCUT2D eigenvalue weighted by Crippen LogP contribution is 2.41. The van der Waals surface area contributed by atoms with Crippen LogP contribution >= 0.6 is 0 Å². The molecular formula is C34H36F3N7O. The molecule has 0 saturated carbocycles. The quantitative estimate of drug-likeness (QED) is 0.294. The second-order valence-corrected chi connectivity index (χ2v) is 13.7. The number of fused-ring (bicyclic) bond motifs is 5. The van der Waals surface area contributed by atoms with Gasteiger partial charge < -0.3 is 20.3 Å². The highest BCUT2D eigenvalue weighted by Gasteiger charge is 2.49. The predicted octanol–water partition coefficient (Wildman–Crippen LogP) is 4.53. The zero-order valence-electron chi connectivity index (χ0n) is 25.0. The molecule has 0 radical (unpaired) electrons. The lowest BCUT2D eigenvalue weighted by Gasteiger charge is -2.34. The molecule has 2 aromatic carbocycles. The number of rotatable bonds is 7. The first-order chi connectivity index (χ1) is 21.9. The number of pyridine rings is 1. The van der Waals surface area contributed by atoms with Crippen molar-refractivity contribution in [2.24, 2.45) is 0 Å². The zero-order chi connectivity index (χ0) is 30.3. The van der Waals surface area contributed by atoms with Gasteiger partial charge in [-0.2, -0.15) is 9.97 Å². The van der Waals surface area contributed by atoms with Crippen LogP contribution in [-0.2, 0) is 6.42 Å². The Balaban J connectivity index is 1.17. The summed E-state index contributed by atoms with van der Waals surface area (Å²) in [6.07, 6.45) is 5.94. The van der Waals surface area contributed by atoms with E-state index in [1.54, 1.807) is 12.3 Å². The van der Waals surface area contributed by atoms with Crippen LogP contribution in [0.1, 0.15) is 37.7 Å². The van der Waals surface area contributed by atoms with Crippen LogP contribution in [0, 0.1) is 11.6 Å². The van der Waals surface area contributed by atoms with Crippen molar-refractivity contribution in [3.63, 3.8) is 0 Å². The van der Waals surface area contributed by atoms with E-state index >= 15 is 8.78 Å². The summed E-state index contributed by atoms with van der Waals surface area (Å²) in [4.78, 5) is 18.5. The smallest absolute Gasteiger partial charge is 0.319 e. The number of benzene rings is 2. The molecule has 0 aliphatic carbocycles. The number of anilines is 1. The second-order valence-electron chi connectivity index (χ2n) is 13.7. The Kier molecular flexibility index (Phi) is 6.47. The summed E-state index contributed by atoms with van der Waals surface area (Å²) in [6, 6.07) is 9.87. The van der Waals surface area contributed by atoms with Crippen LogP contribution in [0.2, 0.25) is 0 Å². The minimum Gasteiger partial charge on any atom is -0.461 e. The average molecular weight is 616 g/mol. The first-order valence-electron chi connectivity index (χ1n) is 16.3. The molecule has 9 rings (SSSR count). The van der Waals surface area contributed by atoms with Crippen molar-refractivity contribution in [1.82, 2.24) is 30.5 Å². The van der Waals surface area contributed by atoms with Crippen molar-refractivity contribution in [3.8, 4) is 17.3 Å². The lowest BCUT2D eigenvalue weighted by Crippen LogP contribution is -2.51. The van der Waals surface area contributed by atoms with Gasteiger partial charge in [0.2, 0.25) is 0 Å². The summed E-state index contributed by atoms with van der Waals surface area (Å²) < 4.78 is 53.0. The minimum atomic E-state index is -0.883. The monoisotopic (exact) mass is 615 g/mol. The number of aromatic nitrogens is 3. The van der Waals surface area contributed by atoms with Gasteiger partial charge in [-0.15, -0.1) is 0 Å². The fraction of sp³-hybridized carbons (Fsp3) is 0.500. The first kappa shape index (κ1) is 27.7. The molecule has 5 aliphatic rings. The van der Waals surface area contributed by atoms with Crippen LogP contribution < -0.4 is 20.3 Å². The molecule has 45 heavy (non-hydrogen) atoms. The molecule has 4 aromatic rings. The maximum absolute atomic E-state index is 16.9. The number of halogens is 3. The van der Waals surface area contributed by atoms with Gasteiger partial charge in [0.15, 0.2) is 5.82 Å². The van der Waals surface area contributed by atoms with Crippen LogP contribution in [0.15, 0.2) is 36.5 Å². The molecule has 5 fully saturated rings. The van der Waals surface area contributed by atoms with Gasteiger partial charge in [-0.25, -0.2) is 13.2 Å². The van der Waals surface area contributed by atoms with E-state index in [-0.39, 0.29) is 29.4 Å². The Morgan fingerprint density at radius 1 is 1.07 bits per heavy atom. The maximum atomic E-state index is 16.9. The number of nitrogens with zero attached hydrogens (tertiary/aromatic N) is 5. The van der Waals surface area contributed by atoms with Gasteiger partial charge in [0.05, 0.1) is 10.9 Å². The van der Waals surface area contributed by atoms with E-state index in [2.05, 4.69) is 30.4 Å². The zero-order valence-corrected chi connectivity index (χ0v) is 25.0. The molecule has 0 spiro atoms. The lowest BCUT2D eigenvalue weighted by atomic mass is 9.95. The maximum Gasteiger partial charge on any atom is 0.319 e. The summed E-state index contributed by atoms with van der Waals surface area (Å²) in [5.74, 6) is -0.464. The van der Waals surface area contributed by atoms with Crippen molar-refractivity contribution in [2.45, 2.75) is 68.4 Å².